The van der Waals surface area contributed by atoms with E-state index in [1.807, 2.05) is 13.8 Å². The van der Waals surface area contributed by atoms with Gasteiger partial charge in [0.05, 0.1) is 12.1 Å². The minimum absolute atomic E-state index is 0.0135. The molecule has 0 aromatic carbocycles. The Balaban J connectivity index is 2.33. The van der Waals surface area contributed by atoms with E-state index >= 15 is 0 Å². The molecule has 0 atom stereocenters. The maximum absolute atomic E-state index is 9.58. The van der Waals surface area contributed by atoms with Crippen molar-refractivity contribution in [3.8, 4) is 5.95 Å². The van der Waals surface area contributed by atoms with Crippen LogP contribution in [0.3, 0.4) is 0 Å². The van der Waals surface area contributed by atoms with Crippen molar-refractivity contribution >= 4 is 17.5 Å². The molecular formula is C12H17ClN6O. The van der Waals surface area contributed by atoms with Crippen LogP contribution >= 0.6 is 11.6 Å². The van der Waals surface area contributed by atoms with Gasteiger partial charge in [-0.05, 0) is 30.5 Å². The molecule has 0 amide bonds. The number of nitrogens with one attached hydrogen (secondary N) is 1. The predicted octanol–water partition coefficient (Wildman–Crippen LogP) is 1.67. The van der Waals surface area contributed by atoms with Gasteiger partial charge in [0.15, 0.2) is 0 Å². The third kappa shape index (κ3) is 3.05. The normalized spacial score (nSPS) is 11.6. The minimum atomic E-state index is -0.466. The van der Waals surface area contributed by atoms with Crippen LogP contribution in [0.5, 0.6) is 0 Å². The quantitative estimate of drug-likeness (QED) is 0.843. The average molecular weight is 297 g/mol. The third-order valence-corrected chi connectivity index (χ3v) is 3.51. The highest BCUT2D eigenvalue weighted by molar-refractivity contribution is 6.28. The van der Waals surface area contributed by atoms with Crippen molar-refractivity contribution in [2.75, 3.05) is 11.9 Å². The van der Waals surface area contributed by atoms with Gasteiger partial charge in [0.1, 0.15) is 0 Å². The molecule has 2 aromatic heterocycles. The van der Waals surface area contributed by atoms with Gasteiger partial charge >= 0.3 is 0 Å². The number of aliphatic hydroxyl groups excluding tert-OH is 1. The molecule has 20 heavy (non-hydrogen) atoms. The first-order chi connectivity index (χ1) is 9.62. The number of aromatic nitrogens is 5. The van der Waals surface area contributed by atoms with Crippen LogP contribution in [0.4, 0.5) is 5.95 Å². The van der Waals surface area contributed by atoms with E-state index in [0.29, 0.717) is 11.9 Å². The maximum atomic E-state index is 9.58. The molecule has 0 saturated carbocycles. The Kier molecular flexibility index (Phi) is 4.51. The van der Waals surface area contributed by atoms with Crippen molar-refractivity contribution in [2.24, 2.45) is 0 Å². The van der Waals surface area contributed by atoms with Crippen molar-refractivity contribution in [1.82, 2.24) is 24.7 Å². The lowest BCUT2D eigenvalue weighted by Crippen LogP contribution is -2.41. The molecule has 2 heterocycles. The fraction of sp³-hybridized carbons (Fsp3) is 0.500. The molecule has 7 nitrogen and oxygen atoms in total. The third-order valence-electron chi connectivity index (χ3n) is 3.34. The molecule has 0 bridgehead atoms. The molecule has 0 aliphatic rings. The van der Waals surface area contributed by atoms with Gasteiger partial charge in [0.2, 0.25) is 11.2 Å². The molecule has 108 valence electrons. The van der Waals surface area contributed by atoms with E-state index in [-0.39, 0.29) is 11.9 Å². The van der Waals surface area contributed by atoms with Gasteiger partial charge in [-0.25, -0.2) is 4.68 Å². The van der Waals surface area contributed by atoms with E-state index in [0.717, 1.165) is 12.8 Å². The summed E-state index contributed by atoms with van der Waals surface area (Å²) < 4.78 is 1.50. The van der Waals surface area contributed by atoms with E-state index in [1.54, 1.807) is 18.5 Å². The monoisotopic (exact) mass is 296 g/mol. The average Bonchev–Trinajstić information content (AvgIpc) is 2.98. The zero-order valence-electron chi connectivity index (χ0n) is 11.4. The fourth-order valence-corrected chi connectivity index (χ4v) is 1.97. The Morgan fingerprint density at radius 3 is 2.60 bits per heavy atom. The lowest BCUT2D eigenvalue weighted by molar-refractivity contribution is 0.201. The van der Waals surface area contributed by atoms with Crippen LogP contribution in [0.25, 0.3) is 5.95 Å². The Bertz CT molecular complexity index is 547. The summed E-state index contributed by atoms with van der Waals surface area (Å²) in [6.45, 7) is 3.97. The minimum Gasteiger partial charge on any atom is -0.394 e. The summed E-state index contributed by atoms with van der Waals surface area (Å²) in [5.74, 6) is 0.657. The molecule has 0 unspecified atom stereocenters. The van der Waals surface area contributed by atoms with Crippen LogP contribution in [0.1, 0.15) is 26.7 Å². The van der Waals surface area contributed by atoms with E-state index in [1.165, 1.54) is 4.68 Å². The zero-order valence-corrected chi connectivity index (χ0v) is 12.2. The zero-order chi connectivity index (χ0) is 14.6. The van der Waals surface area contributed by atoms with E-state index in [9.17, 15) is 5.11 Å². The van der Waals surface area contributed by atoms with Gasteiger partial charge in [-0.2, -0.15) is 20.1 Å². The highest BCUT2D eigenvalue weighted by Gasteiger charge is 2.26. The number of hydrogen-bond acceptors (Lipinski definition) is 6. The van der Waals surface area contributed by atoms with Gasteiger partial charge in [-0.3, -0.25) is 0 Å². The number of anilines is 1. The molecular weight excluding hydrogens is 280 g/mol. The Hall–Kier alpha value is -1.73. The lowest BCUT2D eigenvalue weighted by Gasteiger charge is -2.30. The predicted molar refractivity (Wildman–Crippen MR) is 76.0 cm³/mol. The SMILES string of the molecule is CCC(CC)(CO)Nc1nc(Cl)nc(-n2cccn2)n1. The highest BCUT2D eigenvalue weighted by atomic mass is 35.5. The Morgan fingerprint density at radius 1 is 1.30 bits per heavy atom. The molecule has 0 saturated heterocycles. The number of hydrogen-bond donors (Lipinski definition) is 2. The van der Waals surface area contributed by atoms with Crippen LogP contribution in [0.2, 0.25) is 5.28 Å². The summed E-state index contributed by atoms with van der Waals surface area (Å²) in [5.41, 5.74) is -0.466. The summed E-state index contributed by atoms with van der Waals surface area (Å²) in [6.07, 6.45) is 4.82. The number of nitrogens with zero attached hydrogens (tertiary/aromatic N) is 5. The number of halogens is 1. The smallest absolute Gasteiger partial charge is 0.256 e. The second-order valence-corrected chi connectivity index (χ2v) is 4.79. The van der Waals surface area contributed by atoms with Gasteiger partial charge in [0.25, 0.3) is 5.95 Å². The van der Waals surface area contributed by atoms with Gasteiger partial charge in [-0.1, -0.05) is 13.8 Å². The van der Waals surface area contributed by atoms with Gasteiger partial charge < -0.3 is 10.4 Å². The van der Waals surface area contributed by atoms with Crippen LogP contribution in [-0.2, 0) is 0 Å². The van der Waals surface area contributed by atoms with Crippen molar-refractivity contribution in [3.05, 3.63) is 23.7 Å². The van der Waals surface area contributed by atoms with E-state index < -0.39 is 5.54 Å². The first-order valence-corrected chi connectivity index (χ1v) is 6.81. The van der Waals surface area contributed by atoms with Crippen LogP contribution in [-0.4, -0.2) is 42.0 Å². The van der Waals surface area contributed by atoms with Gasteiger partial charge in [-0.15, -0.1) is 0 Å². The largest absolute Gasteiger partial charge is 0.394 e. The molecule has 2 N–H and O–H groups in total. The molecule has 0 radical (unpaired) electrons. The molecule has 0 spiro atoms. The lowest BCUT2D eigenvalue weighted by atomic mass is 9.94. The standard InChI is InChI=1S/C12H17ClN6O/c1-3-12(4-2,8-20)18-10-15-9(13)16-11(17-10)19-7-5-6-14-19/h5-7,20H,3-4,8H2,1-2H3,(H,15,16,17,18). The van der Waals surface area contributed by atoms with Gasteiger partial charge in [0, 0.05) is 12.4 Å². The van der Waals surface area contributed by atoms with Crippen LogP contribution in [0, 0.1) is 0 Å². The molecule has 0 fully saturated rings. The summed E-state index contributed by atoms with van der Waals surface area (Å²) in [6, 6.07) is 1.76. The topological polar surface area (TPSA) is 88.8 Å². The first kappa shape index (κ1) is 14.7. The molecule has 8 heteroatoms. The number of aliphatic hydroxyl groups is 1. The maximum Gasteiger partial charge on any atom is 0.256 e. The van der Waals surface area contributed by atoms with E-state index in [4.69, 9.17) is 11.6 Å². The van der Waals surface area contributed by atoms with Crippen molar-refractivity contribution in [1.29, 1.82) is 0 Å². The Labute approximate surface area is 122 Å². The fourth-order valence-electron chi connectivity index (χ4n) is 1.81. The highest BCUT2D eigenvalue weighted by Crippen LogP contribution is 2.20. The van der Waals surface area contributed by atoms with Crippen LogP contribution in [0.15, 0.2) is 18.5 Å². The summed E-state index contributed by atoms with van der Waals surface area (Å²) in [5, 5.41) is 16.9. The second-order valence-electron chi connectivity index (χ2n) is 4.45. The second kappa shape index (κ2) is 6.15. The van der Waals surface area contributed by atoms with E-state index in [2.05, 4.69) is 25.4 Å². The molecule has 0 aliphatic carbocycles. The molecule has 2 aromatic rings. The summed E-state index contributed by atoms with van der Waals surface area (Å²) in [7, 11) is 0. The summed E-state index contributed by atoms with van der Waals surface area (Å²) >= 11 is 5.92. The van der Waals surface area contributed by atoms with Crippen molar-refractivity contribution in [2.45, 2.75) is 32.2 Å². The Morgan fingerprint density at radius 2 is 2.05 bits per heavy atom. The van der Waals surface area contributed by atoms with Crippen LogP contribution < -0.4 is 5.32 Å². The molecule has 2 rings (SSSR count). The molecule has 0 aliphatic heterocycles. The van der Waals surface area contributed by atoms with Crippen molar-refractivity contribution < 1.29 is 5.11 Å². The number of rotatable bonds is 6. The summed E-state index contributed by atoms with van der Waals surface area (Å²) in [4.78, 5) is 12.4. The van der Waals surface area contributed by atoms with Crippen molar-refractivity contribution in [3.63, 3.8) is 0 Å². The first-order valence-electron chi connectivity index (χ1n) is 6.43.